The Morgan fingerprint density at radius 1 is 1.30 bits per heavy atom. The second-order valence-electron chi connectivity index (χ2n) is 5.03. The Bertz CT molecular complexity index is 541. The summed E-state index contributed by atoms with van der Waals surface area (Å²) in [6.07, 6.45) is 3.33. The van der Waals surface area contributed by atoms with Gasteiger partial charge in [0.2, 0.25) is 0 Å². The third kappa shape index (κ3) is 2.87. The molecule has 0 aliphatic heterocycles. The van der Waals surface area contributed by atoms with Gasteiger partial charge in [-0.05, 0) is 18.9 Å². The number of nitrogens with zero attached hydrogens (tertiary/aromatic N) is 1. The van der Waals surface area contributed by atoms with Crippen molar-refractivity contribution in [1.82, 2.24) is 0 Å². The van der Waals surface area contributed by atoms with Gasteiger partial charge in [-0.2, -0.15) is 0 Å². The standard InChI is InChI=1S/C13H15FN2O4/c14-9-6-10(8-11(7-9)16(19)20)15-13(12(17)18)4-2-1-3-5-13/h6-8,15H,1-5H2,(H,17,18). The maximum atomic E-state index is 13.4. The molecule has 0 spiro atoms. The van der Waals surface area contributed by atoms with E-state index in [2.05, 4.69) is 5.32 Å². The van der Waals surface area contributed by atoms with E-state index < -0.39 is 27.9 Å². The monoisotopic (exact) mass is 282 g/mol. The molecule has 1 aromatic rings. The first-order valence-corrected chi connectivity index (χ1v) is 6.39. The second kappa shape index (κ2) is 5.44. The first-order valence-electron chi connectivity index (χ1n) is 6.39. The van der Waals surface area contributed by atoms with Gasteiger partial charge in [0.1, 0.15) is 11.4 Å². The molecule has 0 amide bonds. The molecule has 1 fully saturated rings. The van der Waals surface area contributed by atoms with Gasteiger partial charge in [0, 0.05) is 11.8 Å². The Morgan fingerprint density at radius 3 is 2.50 bits per heavy atom. The van der Waals surface area contributed by atoms with Crippen molar-refractivity contribution in [2.45, 2.75) is 37.6 Å². The van der Waals surface area contributed by atoms with Crippen molar-refractivity contribution in [1.29, 1.82) is 0 Å². The van der Waals surface area contributed by atoms with Crippen molar-refractivity contribution < 1.29 is 19.2 Å². The SMILES string of the molecule is O=C(O)C1(Nc2cc(F)cc([N+](=O)[O-])c2)CCCCC1. The molecule has 2 rings (SSSR count). The van der Waals surface area contributed by atoms with E-state index in [-0.39, 0.29) is 5.69 Å². The van der Waals surface area contributed by atoms with Gasteiger partial charge in [-0.15, -0.1) is 0 Å². The zero-order valence-electron chi connectivity index (χ0n) is 10.8. The number of carboxylic acid groups (broad SMARTS) is 1. The lowest BCUT2D eigenvalue weighted by atomic mass is 9.81. The third-order valence-electron chi connectivity index (χ3n) is 3.59. The van der Waals surface area contributed by atoms with Crippen LogP contribution in [-0.4, -0.2) is 21.5 Å². The summed E-state index contributed by atoms with van der Waals surface area (Å²) in [5, 5.41) is 22.9. The predicted octanol–water partition coefficient (Wildman–Crippen LogP) is 2.93. The summed E-state index contributed by atoms with van der Waals surface area (Å²) in [5.74, 6) is -1.78. The minimum absolute atomic E-state index is 0.126. The Kier molecular flexibility index (Phi) is 3.87. The molecule has 7 heteroatoms. The summed E-state index contributed by atoms with van der Waals surface area (Å²) in [4.78, 5) is 21.5. The molecule has 1 aliphatic carbocycles. The summed E-state index contributed by atoms with van der Waals surface area (Å²) < 4.78 is 13.4. The number of non-ortho nitro benzene ring substituents is 1. The number of nitro groups is 1. The topological polar surface area (TPSA) is 92.5 Å². The molecule has 0 bridgehead atoms. The largest absolute Gasteiger partial charge is 0.480 e. The van der Waals surface area contributed by atoms with Crippen LogP contribution in [0.4, 0.5) is 15.8 Å². The highest BCUT2D eigenvalue weighted by Crippen LogP contribution is 2.33. The molecule has 0 radical (unpaired) electrons. The number of aliphatic carboxylic acids is 1. The fourth-order valence-electron chi connectivity index (χ4n) is 2.58. The number of carbonyl (C=O) groups is 1. The number of anilines is 1. The molecule has 2 N–H and O–H groups in total. The number of benzene rings is 1. The molecule has 0 unspecified atom stereocenters. The van der Waals surface area contributed by atoms with Gasteiger partial charge in [-0.1, -0.05) is 19.3 Å². The van der Waals surface area contributed by atoms with Crippen LogP contribution in [-0.2, 0) is 4.79 Å². The van der Waals surface area contributed by atoms with Crippen molar-refractivity contribution in [2.75, 3.05) is 5.32 Å². The van der Waals surface area contributed by atoms with E-state index in [1.807, 2.05) is 0 Å². The van der Waals surface area contributed by atoms with Crippen LogP contribution in [0.1, 0.15) is 32.1 Å². The number of nitrogens with one attached hydrogen (secondary N) is 1. The van der Waals surface area contributed by atoms with Gasteiger partial charge in [-0.25, -0.2) is 9.18 Å². The summed E-state index contributed by atoms with van der Waals surface area (Å²) in [6.45, 7) is 0. The second-order valence-corrected chi connectivity index (χ2v) is 5.03. The smallest absolute Gasteiger partial charge is 0.329 e. The fraction of sp³-hybridized carbons (Fsp3) is 0.462. The van der Waals surface area contributed by atoms with Crippen molar-refractivity contribution >= 4 is 17.3 Å². The normalized spacial score (nSPS) is 17.4. The maximum absolute atomic E-state index is 13.4. The minimum atomic E-state index is -1.17. The summed E-state index contributed by atoms with van der Waals surface area (Å²) >= 11 is 0. The lowest BCUT2D eigenvalue weighted by Gasteiger charge is -2.34. The number of rotatable bonds is 4. The van der Waals surface area contributed by atoms with Gasteiger partial charge in [0.05, 0.1) is 11.0 Å². The molecule has 1 aromatic carbocycles. The Balaban J connectivity index is 2.31. The minimum Gasteiger partial charge on any atom is -0.480 e. The van der Waals surface area contributed by atoms with E-state index in [1.165, 1.54) is 0 Å². The van der Waals surface area contributed by atoms with E-state index in [1.54, 1.807) is 0 Å². The van der Waals surface area contributed by atoms with Crippen LogP contribution in [0.3, 0.4) is 0 Å². The first kappa shape index (κ1) is 14.2. The number of nitro benzene ring substituents is 1. The van der Waals surface area contributed by atoms with E-state index in [0.29, 0.717) is 12.8 Å². The van der Waals surface area contributed by atoms with Crippen LogP contribution in [0.2, 0.25) is 0 Å². The van der Waals surface area contributed by atoms with E-state index in [9.17, 15) is 24.4 Å². The van der Waals surface area contributed by atoms with E-state index in [0.717, 1.165) is 37.5 Å². The van der Waals surface area contributed by atoms with Gasteiger partial charge in [-0.3, -0.25) is 10.1 Å². The molecule has 6 nitrogen and oxygen atoms in total. The van der Waals surface area contributed by atoms with E-state index >= 15 is 0 Å². The van der Waals surface area contributed by atoms with Crippen LogP contribution in [0.5, 0.6) is 0 Å². The Labute approximate surface area is 114 Å². The molecule has 1 saturated carbocycles. The van der Waals surface area contributed by atoms with Gasteiger partial charge in [0.25, 0.3) is 5.69 Å². The zero-order chi connectivity index (χ0) is 14.8. The molecule has 0 saturated heterocycles. The highest BCUT2D eigenvalue weighted by molar-refractivity contribution is 5.83. The summed E-state index contributed by atoms with van der Waals surface area (Å²) in [6, 6.07) is 3.04. The van der Waals surface area contributed by atoms with Gasteiger partial charge >= 0.3 is 5.97 Å². The third-order valence-corrected chi connectivity index (χ3v) is 3.59. The number of carboxylic acids is 1. The molecule has 20 heavy (non-hydrogen) atoms. The first-order chi connectivity index (χ1) is 9.43. The Morgan fingerprint density at radius 2 is 1.95 bits per heavy atom. The van der Waals surface area contributed by atoms with Crippen LogP contribution in [0.25, 0.3) is 0 Å². The number of hydrogen-bond donors (Lipinski definition) is 2. The molecule has 0 heterocycles. The zero-order valence-corrected chi connectivity index (χ0v) is 10.8. The van der Waals surface area contributed by atoms with E-state index in [4.69, 9.17) is 0 Å². The number of hydrogen-bond acceptors (Lipinski definition) is 4. The molecular formula is C13H15FN2O4. The molecular weight excluding hydrogens is 267 g/mol. The lowest BCUT2D eigenvalue weighted by molar-refractivity contribution is -0.385. The summed E-state index contributed by atoms with van der Waals surface area (Å²) in [5.41, 5.74) is -1.44. The van der Waals surface area contributed by atoms with Crippen LogP contribution < -0.4 is 5.32 Å². The van der Waals surface area contributed by atoms with Crippen LogP contribution >= 0.6 is 0 Å². The molecule has 108 valence electrons. The predicted molar refractivity (Wildman–Crippen MR) is 70.1 cm³/mol. The van der Waals surface area contributed by atoms with Crippen molar-refractivity contribution in [3.63, 3.8) is 0 Å². The lowest BCUT2D eigenvalue weighted by Crippen LogP contribution is -2.47. The quantitative estimate of drug-likeness (QED) is 0.654. The highest BCUT2D eigenvalue weighted by Gasteiger charge is 2.39. The van der Waals surface area contributed by atoms with Crippen molar-refractivity contribution in [3.05, 3.63) is 34.1 Å². The van der Waals surface area contributed by atoms with Crippen LogP contribution in [0.15, 0.2) is 18.2 Å². The van der Waals surface area contributed by atoms with Crippen LogP contribution in [0, 0.1) is 15.9 Å². The molecule has 0 atom stereocenters. The molecule has 0 aromatic heterocycles. The summed E-state index contributed by atoms with van der Waals surface area (Å²) in [7, 11) is 0. The molecule has 1 aliphatic rings. The average molecular weight is 282 g/mol. The van der Waals surface area contributed by atoms with Gasteiger partial charge < -0.3 is 10.4 Å². The highest BCUT2D eigenvalue weighted by atomic mass is 19.1. The maximum Gasteiger partial charge on any atom is 0.329 e. The Hall–Kier alpha value is -2.18. The van der Waals surface area contributed by atoms with Gasteiger partial charge in [0.15, 0.2) is 0 Å². The average Bonchev–Trinajstić information content (AvgIpc) is 2.38. The van der Waals surface area contributed by atoms with Crippen molar-refractivity contribution in [3.8, 4) is 0 Å². The number of halogens is 1. The van der Waals surface area contributed by atoms with Crippen molar-refractivity contribution in [2.24, 2.45) is 0 Å². The fourth-order valence-corrected chi connectivity index (χ4v) is 2.58.